The maximum Gasteiger partial charge on any atom is 0.311 e. The van der Waals surface area contributed by atoms with E-state index in [1.165, 1.54) is 6.42 Å². The lowest BCUT2D eigenvalue weighted by Crippen LogP contribution is -2.38. The van der Waals surface area contributed by atoms with Crippen molar-refractivity contribution in [3.8, 4) is 0 Å². The van der Waals surface area contributed by atoms with E-state index in [1.807, 2.05) is 4.90 Å². The van der Waals surface area contributed by atoms with Crippen molar-refractivity contribution >= 4 is 35.1 Å². The van der Waals surface area contributed by atoms with Crippen LogP contribution in [-0.4, -0.2) is 41.9 Å². The Balaban J connectivity index is 1.47. The van der Waals surface area contributed by atoms with Gasteiger partial charge >= 0.3 is 5.97 Å². The first-order chi connectivity index (χ1) is 12.5. The van der Waals surface area contributed by atoms with Crippen molar-refractivity contribution in [2.75, 3.05) is 18.5 Å². The van der Waals surface area contributed by atoms with Crippen LogP contribution in [0.1, 0.15) is 38.5 Å². The number of halogens is 1. The molecule has 2 fully saturated rings. The summed E-state index contributed by atoms with van der Waals surface area (Å²) in [6.07, 6.45) is 5.66. The molecule has 1 saturated carbocycles. The first-order valence-corrected chi connectivity index (χ1v) is 9.43. The molecule has 26 heavy (non-hydrogen) atoms. The molecule has 6 nitrogen and oxygen atoms in total. The summed E-state index contributed by atoms with van der Waals surface area (Å²) >= 11 is 5.98. The van der Waals surface area contributed by atoms with Crippen LogP contribution in [-0.2, 0) is 19.1 Å². The number of hydrogen-bond acceptors (Lipinski definition) is 4. The molecule has 0 bridgehead atoms. The van der Waals surface area contributed by atoms with Gasteiger partial charge in [-0.05, 0) is 25.0 Å². The highest BCUT2D eigenvalue weighted by Crippen LogP contribution is 2.29. The molecule has 0 spiro atoms. The van der Waals surface area contributed by atoms with Crippen LogP contribution in [0.15, 0.2) is 24.3 Å². The van der Waals surface area contributed by atoms with Crippen LogP contribution in [0, 0.1) is 5.92 Å². The molecule has 2 aliphatic rings. The first-order valence-electron chi connectivity index (χ1n) is 9.05. The molecule has 140 valence electrons. The van der Waals surface area contributed by atoms with E-state index in [4.69, 9.17) is 16.3 Å². The Kier molecular flexibility index (Phi) is 6.14. The number of benzene rings is 1. The molecule has 1 aliphatic carbocycles. The summed E-state index contributed by atoms with van der Waals surface area (Å²) in [5.41, 5.74) is 0.467. The average molecular weight is 379 g/mol. The van der Waals surface area contributed by atoms with Gasteiger partial charge in [0, 0.05) is 19.0 Å². The molecule has 1 saturated heterocycles. The second kappa shape index (κ2) is 8.54. The Morgan fingerprint density at radius 3 is 2.65 bits per heavy atom. The number of amides is 2. The van der Waals surface area contributed by atoms with Gasteiger partial charge in [-0.2, -0.15) is 0 Å². The maximum absolute atomic E-state index is 12.2. The van der Waals surface area contributed by atoms with Crippen LogP contribution in [0.3, 0.4) is 0 Å². The number of para-hydroxylation sites is 1. The number of ether oxygens (including phenoxy) is 1. The van der Waals surface area contributed by atoms with E-state index < -0.39 is 24.4 Å². The van der Waals surface area contributed by atoms with Crippen molar-refractivity contribution in [1.29, 1.82) is 0 Å². The molecule has 1 N–H and O–H groups in total. The normalized spacial score (nSPS) is 20.9. The number of likely N-dealkylation sites (tertiary alicyclic amines) is 1. The Labute approximate surface area is 157 Å². The summed E-state index contributed by atoms with van der Waals surface area (Å²) in [4.78, 5) is 38.2. The van der Waals surface area contributed by atoms with Gasteiger partial charge in [-0.1, -0.05) is 43.0 Å². The molecular formula is C19H23ClN2O4. The van der Waals surface area contributed by atoms with E-state index in [-0.39, 0.29) is 18.4 Å². The van der Waals surface area contributed by atoms with Gasteiger partial charge in [0.2, 0.25) is 5.91 Å². The minimum Gasteiger partial charge on any atom is -0.455 e. The van der Waals surface area contributed by atoms with Crippen LogP contribution in [0.4, 0.5) is 5.69 Å². The van der Waals surface area contributed by atoms with Crippen LogP contribution in [0.5, 0.6) is 0 Å². The fourth-order valence-corrected chi connectivity index (χ4v) is 3.82. The lowest BCUT2D eigenvalue weighted by molar-refractivity contribution is -0.151. The summed E-state index contributed by atoms with van der Waals surface area (Å²) < 4.78 is 5.11. The molecule has 3 rings (SSSR count). The fourth-order valence-electron chi connectivity index (χ4n) is 3.64. The SMILES string of the molecule is O=C(COC(=O)[C@H]1CC(=O)N(C2CCCCC2)C1)Nc1ccccc1Cl. The van der Waals surface area contributed by atoms with Gasteiger partial charge in [0.15, 0.2) is 6.61 Å². The third-order valence-electron chi connectivity index (χ3n) is 5.00. The monoisotopic (exact) mass is 378 g/mol. The van der Waals surface area contributed by atoms with Gasteiger partial charge in [0.1, 0.15) is 0 Å². The quantitative estimate of drug-likeness (QED) is 0.799. The van der Waals surface area contributed by atoms with Crippen molar-refractivity contribution in [2.45, 2.75) is 44.6 Å². The van der Waals surface area contributed by atoms with Gasteiger partial charge in [-0.25, -0.2) is 0 Å². The fraction of sp³-hybridized carbons (Fsp3) is 0.526. The number of hydrogen-bond donors (Lipinski definition) is 1. The van der Waals surface area contributed by atoms with E-state index in [2.05, 4.69) is 5.32 Å². The minimum atomic E-state index is -0.494. The van der Waals surface area contributed by atoms with Crippen molar-refractivity contribution in [2.24, 2.45) is 5.92 Å². The largest absolute Gasteiger partial charge is 0.455 e. The molecule has 0 aromatic heterocycles. The molecule has 1 aromatic rings. The van der Waals surface area contributed by atoms with E-state index in [1.54, 1.807) is 24.3 Å². The number of nitrogens with one attached hydrogen (secondary N) is 1. The van der Waals surface area contributed by atoms with Crippen LogP contribution >= 0.6 is 11.6 Å². The lowest BCUT2D eigenvalue weighted by Gasteiger charge is -2.31. The minimum absolute atomic E-state index is 0.0133. The zero-order valence-electron chi connectivity index (χ0n) is 14.6. The second-order valence-corrected chi connectivity index (χ2v) is 7.28. The predicted molar refractivity (Wildman–Crippen MR) is 97.7 cm³/mol. The van der Waals surface area contributed by atoms with Crippen molar-refractivity contribution < 1.29 is 19.1 Å². The lowest BCUT2D eigenvalue weighted by atomic mass is 9.94. The summed E-state index contributed by atoms with van der Waals surface area (Å²) in [5, 5.41) is 3.01. The smallest absolute Gasteiger partial charge is 0.311 e. The Morgan fingerprint density at radius 1 is 1.19 bits per heavy atom. The van der Waals surface area contributed by atoms with E-state index in [9.17, 15) is 14.4 Å². The number of carbonyl (C=O) groups excluding carboxylic acids is 3. The Morgan fingerprint density at radius 2 is 1.92 bits per heavy atom. The van der Waals surface area contributed by atoms with Gasteiger partial charge < -0.3 is 15.0 Å². The third-order valence-corrected chi connectivity index (χ3v) is 5.33. The van der Waals surface area contributed by atoms with Gasteiger partial charge in [-0.3, -0.25) is 14.4 Å². The number of carbonyl (C=O) groups is 3. The maximum atomic E-state index is 12.2. The molecule has 0 unspecified atom stereocenters. The van der Waals surface area contributed by atoms with Crippen molar-refractivity contribution in [3.05, 3.63) is 29.3 Å². The summed E-state index contributed by atoms with van der Waals surface area (Å²) in [7, 11) is 0. The van der Waals surface area contributed by atoms with Crippen molar-refractivity contribution in [3.63, 3.8) is 0 Å². The molecular weight excluding hydrogens is 356 g/mol. The molecule has 1 heterocycles. The molecule has 7 heteroatoms. The van der Waals surface area contributed by atoms with Gasteiger partial charge in [0.25, 0.3) is 5.91 Å². The van der Waals surface area contributed by atoms with Gasteiger partial charge in [0.05, 0.1) is 16.6 Å². The summed E-state index contributed by atoms with van der Waals surface area (Å²) in [5.74, 6) is -1.43. The number of nitrogens with zero attached hydrogens (tertiary/aromatic N) is 1. The highest BCUT2D eigenvalue weighted by Gasteiger charge is 2.39. The van der Waals surface area contributed by atoms with Crippen LogP contribution in [0.25, 0.3) is 0 Å². The topological polar surface area (TPSA) is 75.7 Å². The Bertz CT molecular complexity index is 688. The molecule has 1 aliphatic heterocycles. The van der Waals surface area contributed by atoms with Crippen LogP contribution < -0.4 is 5.32 Å². The highest BCUT2D eigenvalue weighted by molar-refractivity contribution is 6.33. The van der Waals surface area contributed by atoms with E-state index in [0.717, 1.165) is 25.7 Å². The Hall–Kier alpha value is -2.08. The summed E-state index contributed by atoms with van der Waals surface area (Å²) in [6, 6.07) is 7.08. The van der Waals surface area contributed by atoms with E-state index >= 15 is 0 Å². The first kappa shape index (κ1) is 18.7. The number of rotatable bonds is 5. The molecule has 1 atom stereocenters. The predicted octanol–water partition coefficient (Wildman–Crippen LogP) is 3.00. The molecule has 2 amide bonds. The van der Waals surface area contributed by atoms with Crippen molar-refractivity contribution in [1.82, 2.24) is 4.90 Å². The molecule has 1 aromatic carbocycles. The summed E-state index contributed by atoms with van der Waals surface area (Å²) in [6.45, 7) is 0.00659. The highest BCUT2D eigenvalue weighted by atomic mass is 35.5. The molecule has 0 radical (unpaired) electrons. The number of esters is 1. The number of anilines is 1. The van der Waals surface area contributed by atoms with Crippen LogP contribution in [0.2, 0.25) is 5.02 Å². The standard InChI is InChI=1S/C19H23ClN2O4/c20-15-8-4-5-9-16(15)21-17(23)12-26-19(25)13-10-18(24)22(11-13)14-6-2-1-3-7-14/h4-5,8-9,13-14H,1-3,6-7,10-12H2,(H,21,23)/t13-/m0/s1. The zero-order chi connectivity index (χ0) is 18.5. The average Bonchev–Trinajstić information content (AvgIpc) is 3.04. The van der Waals surface area contributed by atoms with E-state index in [0.29, 0.717) is 17.3 Å². The third kappa shape index (κ3) is 4.55. The van der Waals surface area contributed by atoms with Gasteiger partial charge in [-0.15, -0.1) is 0 Å². The zero-order valence-corrected chi connectivity index (χ0v) is 15.3. The second-order valence-electron chi connectivity index (χ2n) is 6.87.